The number of pyridine rings is 2. The van der Waals surface area contributed by atoms with Gasteiger partial charge in [-0.25, -0.2) is 26.7 Å². The number of halogens is 2. The molecule has 280 valence electrons. The predicted octanol–water partition coefficient (Wildman–Crippen LogP) is 5.01. The molecule has 7 rings (SSSR count). The number of amides is 1. The standard InChI is InChI=1S/C38H36F2N6O7S/c1-45-34-21-41-16-15-28(34)37(49)46(45)25-12-11-24(42-20-25)17-33(38(50)53-26-5-3-2-4-6-26)43-36(48)29-18-31(40)32(19-30(29)39)44-54(51,52)27-13-9-23(10-14-27)35(47)22-7-8-22/h9-16,18-22,26,33,44H,2-8,17H2,1H3,(H,43,48)/t33-/m0/s1. The van der Waals surface area contributed by atoms with Gasteiger partial charge in [0.05, 0.1) is 45.1 Å². The maximum atomic E-state index is 15.4. The van der Waals surface area contributed by atoms with Gasteiger partial charge in [-0.05, 0) is 74.9 Å². The molecule has 3 heterocycles. The number of carbonyl (C=O) groups is 3. The molecule has 0 spiro atoms. The summed E-state index contributed by atoms with van der Waals surface area (Å²) in [6, 6.07) is 9.65. The van der Waals surface area contributed by atoms with Crippen LogP contribution in [0, 0.1) is 17.6 Å². The molecule has 2 aliphatic rings. The predicted molar refractivity (Wildman–Crippen MR) is 193 cm³/mol. The number of rotatable bonds is 12. The fourth-order valence-corrected chi connectivity index (χ4v) is 7.64. The van der Waals surface area contributed by atoms with Crippen LogP contribution in [0.3, 0.4) is 0 Å². The Kier molecular flexibility index (Phi) is 10.1. The molecule has 16 heteroatoms. The quantitative estimate of drug-likeness (QED) is 0.131. The molecule has 1 atom stereocenters. The number of esters is 1. The molecule has 2 aromatic carbocycles. The number of hydrogen-bond donors (Lipinski definition) is 2. The lowest BCUT2D eigenvalue weighted by atomic mass is 9.97. The number of aryl methyl sites for hydroxylation is 1. The minimum absolute atomic E-state index is 0.0626. The molecule has 0 aliphatic heterocycles. The lowest BCUT2D eigenvalue weighted by molar-refractivity contribution is -0.152. The first-order chi connectivity index (χ1) is 25.9. The molecular weight excluding hydrogens is 723 g/mol. The zero-order chi connectivity index (χ0) is 38.1. The molecule has 2 N–H and O–H groups in total. The van der Waals surface area contributed by atoms with Crippen molar-refractivity contribution >= 4 is 44.3 Å². The van der Waals surface area contributed by atoms with Crippen LogP contribution in [0.5, 0.6) is 0 Å². The second kappa shape index (κ2) is 14.9. The Bertz CT molecular complexity index is 2420. The molecule has 13 nitrogen and oxygen atoms in total. The van der Waals surface area contributed by atoms with Crippen molar-refractivity contribution < 1.29 is 36.3 Å². The Morgan fingerprint density at radius 2 is 1.69 bits per heavy atom. The van der Waals surface area contributed by atoms with Gasteiger partial charge >= 0.3 is 5.97 Å². The van der Waals surface area contributed by atoms with Crippen LogP contribution < -0.4 is 15.6 Å². The van der Waals surface area contributed by atoms with Crippen molar-refractivity contribution in [3.8, 4) is 5.69 Å². The molecule has 2 saturated carbocycles. The van der Waals surface area contributed by atoms with Gasteiger partial charge in [0.1, 0.15) is 23.8 Å². The highest BCUT2D eigenvalue weighted by Crippen LogP contribution is 2.33. The Balaban J connectivity index is 1.09. The van der Waals surface area contributed by atoms with Gasteiger partial charge in [0.25, 0.3) is 21.5 Å². The Hall–Kier alpha value is -5.77. The summed E-state index contributed by atoms with van der Waals surface area (Å²) in [5.41, 5.74) is -0.0757. The second-order valence-corrected chi connectivity index (χ2v) is 15.2. The largest absolute Gasteiger partial charge is 0.461 e. The first-order valence-corrected chi connectivity index (χ1v) is 19.0. The summed E-state index contributed by atoms with van der Waals surface area (Å²) in [5, 5.41) is 2.91. The van der Waals surface area contributed by atoms with Crippen LogP contribution in [-0.2, 0) is 33.0 Å². The molecule has 2 aliphatic carbocycles. The number of carbonyl (C=O) groups excluding carboxylic acids is 3. The smallest absolute Gasteiger partial charge is 0.329 e. The number of Topliss-reactive ketones (excluding diaryl/α,β-unsaturated/α-hetero) is 1. The maximum absolute atomic E-state index is 15.4. The Morgan fingerprint density at radius 1 is 0.944 bits per heavy atom. The highest BCUT2D eigenvalue weighted by atomic mass is 32.2. The van der Waals surface area contributed by atoms with Gasteiger partial charge in [0.15, 0.2) is 5.78 Å². The minimum Gasteiger partial charge on any atom is -0.461 e. The Labute approximate surface area is 308 Å². The molecule has 5 aromatic rings. The SMILES string of the molecule is Cn1c2cnccc2c(=O)n1-c1ccc(C[C@H](NC(=O)c2cc(F)c(NS(=O)(=O)c3ccc(C(=O)C4CC4)cc3)cc2F)C(=O)OC2CCCCC2)nc1. The van der Waals surface area contributed by atoms with Gasteiger partial charge in [0, 0.05) is 42.9 Å². The van der Waals surface area contributed by atoms with E-state index in [9.17, 15) is 27.6 Å². The van der Waals surface area contributed by atoms with Gasteiger partial charge < -0.3 is 10.1 Å². The van der Waals surface area contributed by atoms with Gasteiger partial charge in [-0.15, -0.1) is 0 Å². The zero-order valence-corrected chi connectivity index (χ0v) is 29.9. The number of nitrogens with zero attached hydrogens (tertiary/aromatic N) is 4. The number of ether oxygens (including phenoxy) is 1. The van der Waals surface area contributed by atoms with E-state index in [0.29, 0.717) is 52.8 Å². The second-order valence-electron chi connectivity index (χ2n) is 13.5. The number of sulfonamides is 1. The summed E-state index contributed by atoms with van der Waals surface area (Å²) < 4.78 is 67.5. The molecule has 0 bridgehead atoms. The average molecular weight is 759 g/mol. The van der Waals surface area contributed by atoms with Crippen LogP contribution in [0.1, 0.15) is 71.4 Å². The van der Waals surface area contributed by atoms with Gasteiger partial charge in [-0.3, -0.25) is 33.8 Å². The lowest BCUT2D eigenvalue weighted by Gasteiger charge is -2.25. The van der Waals surface area contributed by atoms with Crippen LogP contribution in [0.2, 0.25) is 0 Å². The van der Waals surface area contributed by atoms with E-state index < -0.39 is 50.8 Å². The summed E-state index contributed by atoms with van der Waals surface area (Å²) >= 11 is 0. The van der Waals surface area contributed by atoms with Crippen molar-refractivity contribution in [1.82, 2.24) is 24.6 Å². The van der Waals surface area contributed by atoms with E-state index in [1.807, 2.05) is 4.72 Å². The van der Waals surface area contributed by atoms with E-state index in [0.717, 1.165) is 32.1 Å². The normalized spacial score (nSPS) is 15.5. The maximum Gasteiger partial charge on any atom is 0.329 e. The average Bonchev–Trinajstić information content (AvgIpc) is 3.99. The van der Waals surface area contributed by atoms with Crippen LogP contribution in [0.4, 0.5) is 14.5 Å². The van der Waals surface area contributed by atoms with Crippen molar-refractivity contribution in [3.05, 3.63) is 112 Å². The molecule has 2 fully saturated rings. The molecule has 0 radical (unpaired) electrons. The van der Waals surface area contributed by atoms with Crippen molar-refractivity contribution in [2.75, 3.05) is 4.72 Å². The number of fused-ring (bicyclic) bond motifs is 1. The van der Waals surface area contributed by atoms with Crippen LogP contribution in [-0.4, -0.2) is 57.6 Å². The van der Waals surface area contributed by atoms with Crippen LogP contribution in [0.15, 0.2) is 82.9 Å². The molecule has 1 amide bonds. The lowest BCUT2D eigenvalue weighted by Crippen LogP contribution is -2.45. The van der Waals surface area contributed by atoms with E-state index in [1.54, 1.807) is 36.1 Å². The third-order valence-electron chi connectivity index (χ3n) is 9.71. The molecule has 0 unspecified atom stereocenters. The third-order valence-corrected chi connectivity index (χ3v) is 11.1. The number of anilines is 1. The number of aromatic nitrogens is 4. The first-order valence-electron chi connectivity index (χ1n) is 17.5. The van der Waals surface area contributed by atoms with Crippen molar-refractivity contribution in [2.45, 2.75) is 68.4 Å². The monoisotopic (exact) mass is 758 g/mol. The van der Waals surface area contributed by atoms with Crippen molar-refractivity contribution in [3.63, 3.8) is 0 Å². The van der Waals surface area contributed by atoms with Crippen molar-refractivity contribution in [1.29, 1.82) is 0 Å². The third kappa shape index (κ3) is 7.64. The fourth-order valence-electron chi connectivity index (χ4n) is 6.59. The van der Waals surface area contributed by atoms with E-state index in [2.05, 4.69) is 15.3 Å². The molecular formula is C38H36F2N6O7S. The fraction of sp³-hybridized carbons (Fsp3) is 0.316. The summed E-state index contributed by atoms with van der Waals surface area (Å²) in [7, 11) is -2.70. The first kappa shape index (κ1) is 36.6. The van der Waals surface area contributed by atoms with Crippen LogP contribution >= 0.6 is 0 Å². The van der Waals surface area contributed by atoms with E-state index in [-0.39, 0.29) is 34.7 Å². The van der Waals surface area contributed by atoms with Crippen LogP contribution in [0.25, 0.3) is 16.6 Å². The zero-order valence-electron chi connectivity index (χ0n) is 29.1. The number of ketones is 1. The summed E-state index contributed by atoms with van der Waals surface area (Å²) in [6.45, 7) is 0. The highest BCUT2D eigenvalue weighted by molar-refractivity contribution is 7.92. The Morgan fingerprint density at radius 3 is 2.35 bits per heavy atom. The topological polar surface area (TPSA) is 171 Å². The summed E-state index contributed by atoms with van der Waals surface area (Å²) in [6.07, 6.45) is 9.58. The van der Waals surface area contributed by atoms with Gasteiger partial charge in [0.2, 0.25) is 0 Å². The molecule has 3 aromatic heterocycles. The molecule has 54 heavy (non-hydrogen) atoms. The van der Waals surface area contributed by atoms with Gasteiger partial charge in [-0.2, -0.15) is 0 Å². The van der Waals surface area contributed by atoms with Gasteiger partial charge in [-0.1, -0.05) is 18.6 Å². The highest BCUT2D eigenvalue weighted by Gasteiger charge is 2.31. The summed E-state index contributed by atoms with van der Waals surface area (Å²) in [5.74, 6) is -4.57. The van der Waals surface area contributed by atoms with E-state index >= 15 is 8.78 Å². The number of benzene rings is 2. The summed E-state index contributed by atoms with van der Waals surface area (Å²) in [4.78, 5) is 60.5. The van der Waals surface area contributed by atoms with E-state index in [4.69, 9.17) is 4.74 Å². The number of nitrogens with one attached hydrogen (secondary N) is 2. The minimum atomic E-state index is -4.40. The molecule has 0 saturated heterocycles. The van der Waals surface area contributed by atoms with E-state index in [1.165, 1.54) is 41.3 Å². The van der Waals surface area contributed by atoms with Crippen molar-refractivity contribution in [2.24, 2.45) is 13.0 Å². The number of hydrogen-bond acceptors (Lipinski definition) is 9.